The number of hydrogen-bond donors (Lipinski definition) is 1. The van der Waals surface area contributed by atoms with Crippen LogP contribution in [0.15, 0.2) is 48.7 Å². The van der Waals surface area contributed by atoms with Crippen LogP contribution < -0.4 is 14.8 Å². The number of benzene rings is 2. The first-order valence-corrected chi connectivity index (χ1v) is 8.56. The molecule has 1 N–H and O–H groups in total. The molecule has 1 aromatic heterocycles. The second-order valence-electron chi connectivity index (χ2n) is 6.20. The highest BCUT2D eigenvalue weighted by molar-refractivity contribution is 5.99. The van der Waals surface area contributed by atoms with E-state index in [1.807, 2.05) is 18.2 Å². The predicted octanol–water partition coefficient (Wildman–Crippen LogP) is 2.93. The maximum atomic E-state index is 13.0. The van der Waals surface area contributed by atoms with E-state index in [-0.39, 0.29) is 11.7 Å². The summed E-state index contributed by atoms with van der Waals surface area (Å²) >= 11 is 0. The second kappa shape index (κ2) is 7.11. The fraction of sp³-hybridized carbons (Fsp3) is 0.200. The molecule has 0 atom stereocenters. The van der Waals surface area contributed by atoms with Crippen molar-refractivity contribution in [2.75, 3.05) is 13.2 Å². The summed E-state index contributed by atoms with van der Waals surface area (Å²) < 4.78 is 25.7. The van der Waals surface area contributed by atoms with Crippen LogP contribution in [0.1, 0.15) is 16.1 Å². The summed E-state index contributed by atoms with van der Waals surface area (Å²) in [5, 5.41) is 7.08. The minimum atomic E-state index is -0.308. The highest BCUT2D eigenvalue weighted by Crippen LogP contribution is 2.35. The molecule has 1 amide bonds. The van der Waals surface area contributed by atoms with E-state index >= 15 is 0 Å². The van der Waals surface area contributed by atoms with E-state index in [0.717, 1.165) is 11.1 Å². The molecular formula is C20H18FN3O3. The smallest absolute Gasteiger partial charge is 0.270 e. The largest absolute Gasteiger partial charge is 0.486 e. The summed E-state index contributed by atoms with van der Waals surface area (Å²) in [6.07, 6.45) is 1.65. The lowest BCUT2D eigenvalue weighted by molar-refractivity contribution is 0.0942. The Morgan fingerprint density at radius 1 is 1.15 bits per heavy atom. The molecular weight excluding hydrogens is 349 g/mol. The number of hydrogen-bond acceptors (Lipinski definition) is 4. The topological polar surface area (TPSA) is 65.4 Å². The Balaban J connectivity index is 1.57. The van der Waals surface area contributed by atoms with Gasteiger partial charge in [-0.2, -0.15) is 5.10 Å². The summed E-state index contributed by atoms with van der Waals surface area (Å²) in [6.45, 7) is 1.32. The molecule has 6 nitrogen and oxygen atoms in total. The highest BCUT2D eigenvalue weighted by Gasteiger charge is 2.20. The van der Waals surface area contributed by atoms with Gasteiger partial charge >= 0.3 is 0 Å². The summed E-state index contributed by atoms with van der Waals surface area (Å²) in [4.78, 5) is 12.7. The first kappa shape index (κ1) is 17.1. The minimum Gasteiger partial charge on any atom is -0.486 e. The number of carbonyl (C=O) groups excluding carboxylic acids is 1. The van der Waals surface area contributed by atoms with Gasteiger partial charge in [0.2, 0.25) is 0 Å². The first-order chi connectivity index (χ1) is 13.1. The third kappa shape index (κ3) is 3.48. The third-order valence-corrected chi connectivity index (χ3v) is 4.37. The summed E-state index contributed by atoms with van der Waals surface area (Å²) in [7, 11) is 1.72. The fourth-order valence-corrected chi connectivity index (χ4v) is 3.00. The Labute approximate surface area is 155 Å². The van der Waals surface area contributed by atoms with Gasteiger partial charge in [-0.3, -0.25) is 9.48 Å². The van der Waals surface area contributed by atoms with Gasteiger partial charge in [-0.05, 0) is 35.4 Å². The number of nitrogens with one attached hydrogen (secondary N) is 1. The van der Waals surface area contributed by atoms with E-state index in [2.05, 4.69) is 10.4 Å². The van der Waals surface area contributed by atoms with Gasteiger partial charge < -0.3 is 14.8 Å². The molecule has 0 fully saturated rings. The Morgan fingerprint density at radius 2 is 1.89 bits per heavy atom. The Kier molecular flexibility index (Phi) is 4.50. The van der Waals surface area contributed by atoms with Crippen LogP contribution in [-0.4, -0.2) is 28.9 Å². The van der Waals surface area contributed by atoms with E-state index in [4.69, 9.17) is 9.47 Å². The van der Waals surface area contributed by atoms with Gasteiger partial charge in [-0.1, -0.05) is 18.2 Å². The number of amides is 1. The van der Waals surface area contributed by atoms with Crippen LogP contribution in [0.2, 0.25) is 0 Å². The average molecular weight is 367 g/mol. The number of nitrogens with zero attached hydrogens (tertiary/aromatic N) is 2. The van der Waals surface area contributed by atoms with E-state index in [1.54, 1.807) is 25.4 Å². The van der Waals surface area contributed by atoms with E-state index < -0.39 is 0 Å². The fourth-order valence-electron chi connectivity index (χ4n) is 3.00. The number of fused-ring (bicyclic) bond motifs is 1. The van der Waals surface area contributed by atoms with Crippen molar-refractivity contribution in [2.45, 2.75) is 6.54 Å². The molecule has 27 heavy (non-hydrogen) atoms. The molecule has 0 saturated carbocycles. The van der Waals surface area contributed by atoms with Crippen molar-refractivity contribution in [3.05, 3.63) is 65.7 Å². The van der Waals surface area contributed by atoms with Crippen molar-refractivity contribution in [2.24, 2.45) is 7.05 Å². The van der Waals surface area contributed by atoms with Crippen LogP contribution in [-0.2, 0) is 13.6 Å². The van der Waals surface area contributed by atoms with Gasteiger partial charge in [0.1, 0.15) is 24.7 Å². The maximum absolute atomic E-state index is 13.0. The van der Waals surface area contributed by atoms with Crippen LogP contribution in [0, 0.1) is 5.82 Å². The van der Waals surface area contributed by atoms with Gasteiger partial charge in [-0.15, -0.1) is 0 Å². The highest BCUT2D eigenvalue weighted by atomic mass is 19.1. The molecule has 1 aliphatic heterocycles. The van der Waals surface area contributed by atoms with Crippen molar-refractivity contribution in [3.8, 4) is 22.6 Å². The van der Waals surface area contributed by atoms with Crippen molar-refractivity contribution in [1.29, 1.82) is 0 Å². The number of rotatable bonds is 4. The van der Waals surface area contributed by atoms with Crippen LogP contribution in [0.5, 0.6) is 11.5 Å². The lowest BCUT2D eigenvalue weighted by Crippen LogP contribution is -2.25. The molecule has 2 aromatic carbocycles. The van der Waals surface area contributed by atoms with Gasteiger partial charge in [-0.25, -0.2) is 4.39 Å². The Bertz CT molecular complexity index is 983. The van der Waals surface area contributed by atoms with Crippen LogP contribution >= 0.6 is 0 Å². The van der Waals surface area contributed by atoms with Gasteiger partial charge in [0.05, 0.1) is 6.20 Å². The molecule has 7 heteroatoms. The van der Waals surface area contributed by atoms with E-state index in [1.165, 1.54) is 16.8 Å². The third-order valence-electron chi connectivity index (χ3n) is 4.37. The quantitative estimate of drug-likeness (QED) is 0.770. The predicted molar refractivity (Wildman–Crippen MR) is 97.2 cm³/mol. The molecule has 1 aliphatic rings. The molecule has 138 valence electrons. The van der Waals surface area contributed by atoms with Crippen molar-refractivity contribution < 1.29 is 18.7 Å². The number of aryl methyl sites for hydroxylation is 1. The van der Waals surface area contributed by atoms with Gasteiger partial charge in [0, 0.05) is 19.2 Å². The number of halogens is 1. The van der Waals surface area contributed by atoms with Gasteiger partial charge in [0.25, 0.3) is 5.91 Å². The van der Waals surface area contributed by atoms with Gasteiger partial charge in [0.15, 0.2) is 11.5 Å². The molecule has 0 unspecified atom stereocenters. The van der Waals surface area contributed by atoms with Crippen LogP contribution in [0.25, 0.3) is 11.1 Å². The maximum Gasteiger partial charge on any atom is 0.270 e. The summed E-state index contributed by atoms with van der Waals surface area (Å²) in [6, 6.07) is 11.6. The number of carbonyl (C=O) groups is 1. The van der Waals surface area contributed by atoms with E-state index in [0.29, 0.717) is 42.5 Å². The molecule has 2 heterocycles. The molecule has 4 rings (SSSR count). The molecule has 3 aromatic rings. The number of ether oxygens (including phenoxy) is 2. The lowest BCUT2D eigenvalue weighted by atomic mass is 10.0. The molecule has 0 spiro atoms. The zero-order valence-electron chi connectivity index (χ0n) is 14.7. The summed E-state index contributed by atoms with van der Waals surface area (Å²) in [5.74, 6) is 0.776. The standard InChI is InChI=1S/C20H18FN3O3/c1-24-19(20(25)22-11-13-2-5-15(21)6-3-13)16(12-23-24)14-4-7-17-18(10-14)27-9-8-26-17/h2-7,10,12H,8-9,11H2,1H3,(H,22,25). The monoisotopic (exact) mass is 367 g/mol. The minimum absolute atomic E-state index is 0.260. The normalized spacial score (nSPS) is 12.7. The zero-order chi connectivity index (χ0) is 18.8. The Morgan fingerprint density at radius 3 is 2.67 bits per heavy atom. The Hall–Kier alpha value is -3.35. The lowest BCUT2D eigenvalue weighted by Gasteiger charge is -2.19. The van der Waals surface area contributed by atoms with Crippen molar-refractivity contribution in [1.82, 2.24) is 15.1 Å². The molecule has 0 radical (unpaired) electrons. The first-order valence-electron chi connectivity index (χ1n) is 8.56. The number of aromatic nitrogens is 2. The van der Waals surface area contributed by atoms with Crippen molar-refractivity contribution in [3.63, 3.8) is 0 Å². The van der Waals surface area contributed by atoms with Crippen molar-refractivity contribution >= 4 is 5.91 Å². The molecule has 0 aliphatic carbocycles. The van der Waals surface area contributed by atoms with E-state index in [9.17, 15) is 9.18 Å². The van der Waals surface area contributed by atoms with Crippen LogP contribution in [0.4, 0.5) is 4.39 Å². The molecule has 0 saturated heterocycles. The second-order valence-corrected chi connectivity index (χ2v) is 6.20. The average Bonchev–Trinajstić information content (AvgIpc) is 3.08. The SMILES string of the molecule is Cn1ncc(-c2ccc3c(c2)OCCO3)c1C(=O)NCc1ccc(F)cc1. The summed E-state index contributed by atoms with van der Waals surface area (Å²) in [5.41, 5.74) is 2.77. The van der Waals surface area contributed by atoms with Crippen LogP contribution in [0.3, 0.4) is 0 Å². The molecule has 0 bridgehead atoms. The zero-order valence-corrected chi connectivity index (χ0v) is 14.7.